The highest BCUT2D eigenvalue weighted by Crippen LogP contribution is 2.20. The number of benzene rings is 2. The Morgan fingerprint density at radius 3 is 2.43 bits per heavy atom. The second kappa shape index (κ2) is 6.92. The number of fused-ring (bicyclic) bond motifs is 1. The summed E-state index contributed by atoms with van der Waals surface area (Å²) in [6.45, 7) is 4.34. The minimum absolute atomic E-state index is 0.547. The molecule has 4 nitrogen and oxygen atoms in total. The van der Waals surface area contributed by atoms with Gasteiger partial charge in [0.05, 0.1) is 6.20 Å². The lowest BCUT2D eigenvalue weighted by atomic mass is 10.0. The van der Waals surface area contributed by atoms with Gasteiger partial charge in [0.15, 0.2) is 24.1 Å². The van der Waals surface area contributed by atoms with Crippen molar-refractivity contribution in [2.75, 3.05) is 0 Å². The van der Waals surface area contributed by atoms with Crippen LogP contribution < -0.4 is 0 Å². The molecule has 4 heteroatoms. The van der Waals surface area contributed by atoms with Crippen molar-refractivity contribution in [3.8, 4) is 11.3 Å². The summed E-state index contributed by atoms with van der Waals surface area (Å²) in [6.07, 6.45) is 4.62. The summed E-state index contributed by atoms with van der Waals surface area (Å²) in [5, 5.41) is 0. The summed E-state index contributed by atoms with van der Waals surface area (Å²) in [7, 11) is 0. The van der Waals surface area contributed by atoms with E-state index < -0.39 is 0 Å². The lowest BCUT2D eigenvalue weighted by molar-refractivity contribution is 0.572. The largest absolute Gasteiger partial charge is 0.444 e. The molecule has 0 aliphatic heterocycles. The highest BCUT2D eigenvalue weighted by Gasteiger charge is 2.02. The van der Waals surface area contributed by atoms with Crippen molar-refractivity contribution in [3.05, 3.63) is 73.1 Å². The van der Waals surface area contributed by atoms with Crippen LogP contribution in [0.4, 0.5) is 0 Å². The van der Waals surface area contributed by atoms with Gasteiger partial charge in [0.25, 0.3) is 0 Å². The Hall–Kier alpha value is -2.88. The Morgan fingerprint density at radius 2 is 1.74 bits per heavy atom. The highest BCUT2D eigenvalue weighted by atomic mass is 16.3. The third-order valence-corrected chi connectivity index (χ3v) is 3.51. The minimum Gasteiger partial charge on any atom is -0.444 e. The second-order valence-corrected chi connectivity index (χ2v) is 5.47. The van der Waals surface area contributed by atoms with E-state index in [0.717, 1.165) is 22.4 Å². The fourth-order valence-corrected chi connectivity index (χ4v) is 2.19. The molecule has 0 aliphatic rings. The molecule has 2 aromatic carbocycles. The van der Waals surface area contributed by atoms with E-state index in [9.17, 15) is 0 Å². The van der Waals surface area contributed by atoms with Gasteiger partial charge >= 0.3 is 0 Å². The first-order valence-electron chi connectivity index (χ1n) is 7.51. The standard InChI is InChI=1S/C10H11NO.C9H7NO/c1-7(2)8-3-4-10-9(5-8)11-6-12-10;1-2-4-8(5-3-1)9-6-10-7-11-9/h3-7H,1-2H3;1-7H. The summed E-state index contributed by atoms with van der Waals surface area (Å²) in [6, 6.07) is 16.0. The van der Waals surface area contributed by atoms with Crippen LogP contribution in [0, 0.1) is 0 Å². The first-order chi connectivity index (χ1) is 11.2. The van der Waals surface area contributed by atoms with Gasteiger partial charge in [-0.2, -0.15) is 0 Å². The average molecular weight is 306 g/mol. The molecule has 0 bridgehead atoms. The highest BCUT2D eigenvalue weighted by molar-refractivity contribution is 5.72. The molecule has 0 N–H and O–H groups in total. The van der Waals surface area contributed by atoms with Crippen LogP contribution in [0.3, 0.4) is 0 Å². The SMILES string of the molecule is CC(C)c1ccc2ocnc2c1.c1ccc(-c2cnco2)cc1. The Morgan fingerprint density at radius 1 is 0.913 bits per heavy atom. The Kier molecular flexibility index (Phi) is 4.52. The van der Waals surface area contributed by atoms with Crippen molar-refractivity contribution in [1.29, 1.82) is 0 Å². The molecule has 0 spiro atoms. The first kappa shape index (κ1) is 15.0. The van der Waals surface area contributed by atoms with E-state index in [2.05, 4.69) is 35.9 Å². The van der Waals surface area contributed by atoms with E-state index in [0.29, 0.717) is 5.92 Å². The Labute approximate surface area is 134 Å². The maximum absolute atomic E-state index is 5.14. The van der Waals surface area contributed by atoms with Crippen LogP contribution in [-0.2, 0) is 0 Å². The van der Waals surface area contributed by atoms with Crippen molar-refractivity contribution < 1.29 is 8.83 Å². The van der Waals surface area contributed by atoms with Crippen LogP contribution in [0.1, 0.15) is 25.3 Å². The molecule has 4 rings (SSSR count). The van der Waals surface area contributed by atoms with E-state index in [-0.39, 0.29) is 0 Å². The lowest BCUT2D eigenvalue weighted by Gasteiger charge is -2.02. The van der Waals surface area contributed by atoms with Crippen LogP contribution in [0.25, 0.3) is 22.4 Å². The van der Waals surface area contributed by atoms with E-state index in [1.54, 1.807) is 6.20 Å². The molecule has 23 heavy (non-hydrogen) atoms. The molecule has 4 aromatic rings. The van der Waals surface area contributed by atoms with Gasteiger partial charge in [-0.05, 0) is 23.6 Å². The van der Waals surface area contributed by atoms with Crippen molar-refractivity contribution >= 4 is 11.1 Å². The normalized spacial score (nSPS) is 10.6. The van der Waals surface area contributed by atoms with Gasteiger partial charge in [-0.25, -0.2) is 9.97 Å². The maximum Gasteiger partial charge on any atom is 0.181 e. The van der Waals surface area contributed by atoms with Gasteiger partial charge in [-0.15, -0.1) is 0 Å². The number of hydrogen-bond acceptors (Lipinski definition) is 4. The number of rotatable bonds is 2. The number of aromatic nitrogens is 2. The molecule has 0 aliphatic carbocycles. The van der Waals surface area contributed by atoms with Gasteiger partial charge < -0.3 is 8.83 Å². The molecule has 0 unspecified atom stereocenters. The second-order valence-electron chi connectivity index (χ2n) is 5.47. The molecule has 116 valence electrons. The van der Waals surface area contributed by atoms with E-state index in [1.165, 1.54) is 18.4 Å². The first-order valence-corrected chi connectivity index (χ1v) is 7.51. The molecule has 2 heterocycles. The number of hydrogen-bond donors (Lipinski definition) is 0. The molecular weight excluding hydrogens is 288 g/mol. The minimum atomic E-state index is 0.547. The van der Waals surface area contributed by atoms with Crippen molar-refractivity contribution in [3.63, 3.8) is 0 Å². The molecule has 0 fully saturated rings. The fraction of sp³-hybridized carbons (Fsp3) is 0.158. The third-order valence-electron chi connectivity index (χ3n) is 3.51. The van der Waals surface area contributed by atoms with E-state index >= 15 is 0 Å². The maximum atomic E-state index is 5.14. The summed E-state index contributed by atoms with van der Waals surface area (Å²) in [5.41, 5.74) is 4.17. The smallest absolute Gasteiger partial charge is 0.181 e. The molecule has 0 saturated carbocycles. The van der Waals surface area contributed by atoms with Gasteiger partial charge in [0, 0.05) is 5.56 Å². The monoisotopic (exact) mass is 306 g/mol. The van der Waals surface area contributed by atoms with Crippen LogP contribution in [0.5, 0.6) is 0 Å². The molecule has 0 radical (unpaired) electrons. The fourth-order valence-electron chi connectivity index (χ4n) is 2.19. The quantitative estimate of drug-likeness (QED) is 0.504. The van der Waals surface area contributed by atoms with Gasteiger partial charge in [0.2, 0.25) is 0 Å². The van der Waals surface area contributed by atoms with Crippen molar-refractivity contribution in [2.24, 2.45) is 0 Å². The number of oxazole rings is 2. The van der Waals surface area contributed by atoms with Crippen LogP contribution >= 0.6 is 0 Å². The third kappa shape index (κ3) is 3.66. The summed E-state index contributed by atoms with van der Waals surface area (Å²) in [4.78, 5) is 7.93. The van der Waals surface area contributed by atoms with Crippen LogP contribution in [-0.4, -0.2) is 9.97 Å². The summed E-state index contributed by atoms with van der Waals surface area (Å²) in [5.74, 6) is 1.36. The van der Waals surface area contributed by atoms with Crippen LogP contribution in [0.15, 0.2) is 76.3 Å². The summed E-state index contributed by atoms with van der Waals surface area (Å²) < 4.78 is 10.2. The Balaban J connectivity index is 0.000000136. The predicted octanol–water partition coefficient (Wildman–Crippen LogP) is 5.29. The summed E-state index contributed by atoms with van der Waals surface area (Å²) >= 11 is 0. The number of nitrogens with zero attached hydrogens (tertiary/aromatic N) is 2. The van der Waals surface area contributed by atoms with E-state index in [4.69, 9.17) is 8.83 Å². The predicted molar refractivity (Wildman–Crippen MR) is 90.0 cm³/mol. The molecule has 0 saturated heterocycles. The molecule has 0 atom stereocenters. The van der Waals surface area contributed by atoms with Gasteiger partial charge in [-0.1, -0.05) is 50.2 Å². The molecule has 2 aromatic heterocycles. The Bertz CT molecular complexity index is 849. The van der Waals surface area contributed by atoms with Crippen molar-refractivity contribution in [2.45, 2.75) is 19.8 Å². The molecule has 0 amide bonds. The van der Waals surface area contributed by atoms with Gasteiger partial charge in [-0.3, -0.25) is 0 Å². The van der Waals surface area contributed by atoms with Crippen LogP contribution in [0.2, 0.25) is 0 Å². The zero-order chi connectivity index (χ0) is 16.1. The van der Waals surface area contributed by atoms with E-state index in [1.807, 2.05) is 36.4 Å². The topological polar surface area (TPSA) is 52.1 Å². The lowest BCUT2D eigenvalue weighted by Crippen LogP contribution is -1.85. The molecular formula is C19H18N2O2. The zero-order valence-electron chi connectivity index (χ0n) is 13.1. The van der Waals surface area contributed by atoms with Gasteiger partial charge in [0.1, 0.15) is 5.52 Å². The zero-order valence-corrected chi connectivity index (χ0v) is 13.1. The van der Waals surface area contributed by atoms with Crippen molar-refractivity contribution in [1.82, 2.24) is 9.97 Å². The average Bonchev–Trinajstić information content (AvgIpc) is 3.27.